The fourth-order valence-corrected chi connectivity index (χ4v) is 2.05. The summed E-state index contributed by atoms with van der Waals surface area (Å²) >= 11 is 0. The zero-order valence-corrected chi connectivity index (χ0v) is 10.4. The van der Waals surface area contributed by atoms with Crippen LogP contribution in [0.1, 0.15) is 37.0 Å². The Hall–Kier alpha value is -0.820. The lowest BCUT2D eigenvalue weighted by Gasteiger charge is -2.20. The zero-order chi connectivity index (χ0) is 11.4. The molecule has 2 atom stereocenters. The maximum Gasteiger partial charge on any atom is 0.00650 e. The van der Waals surface area contributed by atoms with Crippen LogP contribution in [0.5, 0.6) is 0 Å². The second-order valence-electron chi connectivity index (χ2n) is 4.62. The minimum Gasteiger partial charge on any atom is -0.327 e. The van der Waals surface area contributed by atoms with Gasteiger partial charge in [0.15, 0.2) is 0 Å². The SMILES string of the molecule is CCC(N)C(C)Cc1c(C)cccc1C. The summed E-state index contributed by atoms with van der Waals surface area (Å²) in [5, 5.41) is 0. The van der Waals surface area contributed by atoms with Gasteiger partial charge in [0.25, 0.3) is 0 Å². The van der Waals surface area contributed by atoms with Crippen molar-refractivity contribution >= 4 is 0 Å². The lowest BCUT2D eigenvalue weighted by Crippen LogP contribution is -2.29. The first kappa shape index (κ1) is 12.3. The Kier molecular flexibility index (Phi) is 4.34. The first-order valence-electron chi connectivity index (χ1n) is 5.87. The zero-order valence-electron chi connectivity index (χ0n) is 10.4. The summed E-state index contributed by atoms with van der Waals surface area (Å²) in [6.07, 6.45) is 2.17. The first-order chi connectivity index (χ1) is 7.06. The molecule has 1 rings (SSSR count). The Morgan fingerprint density at radius 2 is 1.73 bits per heavy atom. The third kappa shape index (κ3) is 3.07. The summed E-state index contributed by atoms with van der Waals surface area (Å²) in [5.41, 5.74) is 10.3. The minimum atomic E-state index is 0.323. The van der Waals surface area contributed by atoms with E-state index in [-0.39, 0.29) is 0 Å². The molecule has 2 N–H and O–H groups in total. The average Bonchev–Trinajstić information content (AvgIpc) is 2.22. The van der Waals surface area contributed by atoms with Gasteiger partial charge in [0.05, 0.1) is 0 Å². The molecule has 1 aromatic carbocycles. The topological polar surface area (TPSA) is 26.0 Å². The molecule has 0 heterocycles. The lowest BCUT2D eigenvalue weighted by atomic mass is 9.89. The number of rotatable bonds is 4. The molecule has 0 radical (unpaired) electrons. The standard InChI is InChI=1S/C14H23N/c1-5-14(15)12(4)9-13-10(2)7-6-8-11(13)3/h6-8,12,14H,5,9,15H2,1-4H3. The van der Waals surface area contributed by atoms with Gasteiger partial charge in [-0.2, -0.15) is 0 Å². The molecule has 0 aliphatic heterocycles. The van der Waals surface area contributed by atoms with Crippen LogP contribution in [-0.2, 0) is 6.42 Å². The summed E-state index contributed by atoms with van der Waals surface area (Å²) in [4.78, 5) is 0. The van der Waals surface area contributed by atoms with Gasteiger partial charge in [-0.15, -0.1) is 0 Å². The van der Waals surface area contributed by atoms with Crippen LogP contribution in [0.4, 0.5) is 0 Å². The molecule has 1 heteroatoms. The van der Waals surface area contributed by atoms with Gasteiger partial charge in [0.1, 0.15) is 0 Å². The summed E-state index contributed by atoms with van der Waals surface area (Å²) in [6.45, 7) is 8.78. The quantitative estimate of drug-likeness (QED) is 0.802. The molecule has 15 heavy (non-hydrogen) atoms. The maximum atomic E-state index is 6.06. The molecule has 0 aliphatic carbocycles. The molecule has 2 unspecified atom stereocenters. The van der Waals surface area contributed by atoms with Gasteiger partial charge in [-0.1, -0.05) is 32.0 Å². The summed E-state index contributed by atoms with van der Waals surface area (Å²) in [5.74, 6) is 0.565. The van der Waals surface area contributed by atoms with Crippen LogP contribution in [0.2, 0.25) is 0 Å². The van der Waals surface area contributed by atoms with Crippen LogP contribution in [0.25, 0.3) is 0 Å². The van der Waals surface area contributed by atoms with E-state index in [0.29, 0.717) is 12.0 Å². The third-order valence-electron chi connectivity index (χ3n) is 3.37. The fourth-order valence-electron chi connectivity index (χ4n) is 2.05. The molecular weight excluding hydrogens is 182 g/mol. The molecule has 0 saturated carbocycles. The van der Waals surface area contributed by atoms with Crippen LogP contribution in [0.3, 0.4) is 0 Å². The second kappa shape index (κ2) is 5.32. The molecule has 0 fully saturated rings. The molecule has 0 aliphatic rings. The highest BCUT2D eigenvalue weighted by Gasteiger charge is 2.13. The number of aryl methyl sites for hydroxylation is 2. The summed E-state index contributed by atoms with van der Waals surface area (Å²) < 4.78 is 0. The second-order valence-corrected chi connectivity index (χ2v) is 4.62. The van der Waals surface area contributed by atoms with Crippen LogP contribution in [-0.4, -0.2) is 6.04 Å². The van der Waals surface area contributed by atoms with E-state index in [1.807, 2.05) is 0 Å². The van der Waals surface area contributed by atoms with Gasteiger partial charge in [-0.3, -0.25) is 0 Å². The van der Waals surface area contributed by atoms with E-state index in [1.165, 1.54) is 16.7 Å². The number of nitrogens with two attached hydrogens (primary N) is 1. The van der Waals surface area contributed by atoms with Crippen molar-refractivity contribution in [1.29, 1.82) is 0 Å². The smallest absolute Gasteiger partial charge is 0.00650 e. The molecule has 0 amide bonds. The Morgan fingerprint density at radius 3 is 2.20 bits per heavy atom. The molecule has 1 aromatic rings. The Labute approximate surface area is 93.7 Å². The van der Waals surface area contributed by atoms with E-state index in [2.05, 4.69) is 45.9 Å². The van der Waals surface area contributed by atoms with E-state index in [4.69, 9.17) is 5.73 Å². The molecular formula is C14H23N. The van der Waals surface area contributed by atoms with Crippen molar-refractivity contribution in [2.45, 2.75) is 46.6 Å². The van der Waals surface area contributed by atoms with E-state index >= 15 is 0 Å². The molecule has 0 saturated heterocycles. The van der Waals surface area contributed by atoms with Gasteiger partial charge < -0.3 is 5.73 Å². The van der Waals surface area contributed by atoms with Crippen LogP contribution in [0, 0.1) is 19.8 Å². The third-order valence-corrected chi connectivity index (χ3v) is 3.37. The first-order valence-corrected chi connectivity index (χ1v) is 5.87. The lowest BCUT2D eigenvalue weighted by molar-refractivity contribution is 0.441. The Balaban J connectivity index is 2.80. The van der Waals surface area contributed by atoms with Crippen molar-refractivity contribution < 1.29 is 0 Å². The van der Waals surface area contributed by atoms with Crippen molar-refractivity contribution in [3.05, 3.63) is 34.9 Å². The van der Waals surface area contributed by atoms with Crippen molar-refractivity contribution in [1.82, 2.24) is 0 Å². The van der Waals surface area contributed by atoms with E-state index in [0.717, 1.165) is 12.8 Å². The maximum absolute atomic E-state index is 6.06. The number of benzene rings is 1. The highest BCUT2D eigenvalue weighted by Crippen LogP contribution is 2.19. The van der Waals surface area contributed by atoms with E-state index in [9.17, 15) is 0 Å². The highest BCUT2D eigenvalue weighted by atomic mass is 14.6. The predicted octanol–water partition coefficient (Wildman–Crippen LogP) is 3.22. The molecule has 84 valence electrons. The summed E-state index contributed by atoms with van der Waals surface area (Å²) in [7, 11) is 0. The van der Waals surface area contributed by atoms with Gasteiger partial charge in [0, 0.05) is 6.04 Å². The summed E-state index contributed by atoms with van der Waals surface area (Å²) in [6, 6.07) is 6.82. The molecule has 0 bridgehead atoms. The van der Waals surface area contributed by atoms with Crippen LogP contribution in [0.15, 0.2) is 18.2 Å². The number of hydrogen-bond acceptors (Lipinski definition) is 1. The Morgan fingerprint density at radius 1 is 1.20 bits per heavy atom. The highest BCUT2D eigenvalue weighted by molar-refractivity contribution is 5.33. The van der Waals surface area contributed by atoms with Gasteiger partial charge in [-0.25, -0.2) is 0 Å². The number of hydrogen-bond donors (Lipinski definition) is 1. The van der Waals surface area contributed by atoms with Crippen molar-refractivity contribution in [2.24, 2.45) is 11.7 Å². The van der Waals surface area contributed by atoms with Crippen LogP contribution >= 0.6 is 0 Å². The average molecular weight is 205 g/mol. The van der Waals surface area contributed by atoms with E-state index in [1.54, 1.807) is 0 Å². The fraction of sp³-hybridized carbons (Fsp3) is 0.571. The van der Waals surface area contributed by atoms with Crippen molar-refractivity contribution in [3.8, 4) is 0 Å². The van der Waals surface area contributed by atoms with Gasteiger partial charge in [-0.05, 0) is 49.3 Å². The molecule has 0 aromatic heterocycles. The normalized spacial score (nSPS) is 15.0. The van der Waals surface area contributed by atoms with Crippen molar-refractivity contribution in [3.63, 3.8) is 0 Å². The van der Waals surface area contributed by atoms with Crippen molar-refractivity contribution in [2.75, 3.05) is 0 Å². The van der Waals surface area contributed by atoms with Gasteiger partial charge in [0.2, 0.25) is 0 Å². The monoisotopic (exact) mass is 205 g/mol. The minimum absolute atomic E-state index is 0.323. The Bertz CT molecular complexity index is 297. The van der Waals surface area contributed by atoms with E-state index < -0.39 is 0 Å². The predicted molar refractivity (Wildman–Crippen MR) is 67.1 cm³/mol. The largest absolute Gasteiger partial charge is 0.327 e. The molecule has 1 nitrogen and oxygen atoms in total. The molecule has 0 spiro atoms. The van der Waals surface area contributed by atoms with Crippen LogP contribution < -0.4 is 5.73 Å². The van der Waals surface area contributed by atoms with Gasteiger partial charge >= 0.3 is 0 Å².